The van der Waals surface area contributed by atoms with E-state index in [4.69, 9.17) is 0 Å². The van der Waals surface area contributed by atoms with Gasteiger partial charge in [0.05, 0.1) is 0 Å². The molecule has 0 N–H and O–H groups in total. The Hall–Kier alpha value is -2.10. The molecule has 74 valence electrons. The van der Waals surface area contributed by atoms with Crippen LogP contribution >= 0.6 is 0 Å². The van der Waals surface area contributed by atoms with Gasteiger partial charge in [-0.3, -0.25) is 9.78 Å². The molecule has 3 nitrogen and oxygen atoms in total. The molecule has 0 saturated heterocycles. The molecule has 2 aromatic rings. The highest BCUT2D eigenvalue weighted by atomic mass is 19.1. The molecule has 0 saturated carbocycles. The summed E-state index contributed by atoms with van der Waals surface area (Å²) in [6.07, 6.45) is 3.66. The number of aldehydes is 1. The standard InChI is InChI=1S/C11H7FN2O/c12-11-10(2-1-9(7-15)14-11)8-3-5-13-6-4-8/h1-7H. The molecular weight excluding hydrogens is 195 g/mol. The quantitative estimate of drug-likeness (QED) is 0.553. The summed E-state index contributed by atoms with van der Waals surface area (Å²) in [6.45, 7) is 0. The van der Waals surface area contributed by atoms with Crippen LogP contribution in [0, 0.1) is 5.95 Å². The minimum Gasteiger partial charge on any atom is -0.296 e. The predicted octanol–water partition coefficient (Wildman–Crippen LogP) is 2.10. The minimum atomic E-state index is -0.647. The van der Waals surface area contributed by atoms with Gasteiger partial charge in [-0.2, -0.15) is 4.39 Å². The van der Waals surface area contributed by atoms with Gasteiger partial charge in [0, 0.05) is 18.0 Å². The van der Waals surface area contributed by atoms with Gasteiger partial charge < -0.3 is 0 Å². The van der Waals surface area contributed by atoms with Crippen LogP contribution in [0.5, 0.6) is 0 Å². The summed E-state index contributed by atoms with van der Waals surface area (Å²) < 4.78 is 13.4. The van der Waals surface area contributed by atoms with Gasteiger partial charge in [0.25, 0.3) is 0 Å². The van der Waals surface area contributed by atoms with E-state index in [0.717, 1.165) is 0 Å². The van der Waals surface area contributed by atoms with Crippen LogP contribution in [0.15, 0.2) is 36.7 Å². The van der Waals surface area contributed by atoms with Gasteiger partial charge in [0.15, 0.2) is 6.29 Å². The van der Waals surface area contributed by atoms with Crippen LogP contribution in [-0.2, 0) is 0 Å². The number of pyridine rings is 2. The molecule has 0 bridgehead atoms. The molecule has 0 spiro atoms. The number of hydrogen-bond donors (Lipinski definition) is 0. The second-order valence-electron chi connectivity index (χ2n) is 2.93. The summed E-state index contributed by atoms with van der Waals surface area (Å²) in [5.41, 5.74) is 1.14. The molecule has 0 aliphatic carbocycles. The monoisotopic (exact) mass is 202 g/mol. The van der Waals surface area contributed by atoms with Gasteiger partial charge in [-0.15, -0.1) is 0 Å². The van der Waals surface area contributed by atoms with Gasteiger partial charge in [-0.05, 0) is 29.8 Å². The first-order chi connectivity index (χ1) is 7.31. The molecule has 0 aliphatic rings. The van der Waals surface area contributed by atoms with Crippen molar-refractivity contribution in [2.75, 3.05) is 0 Å². The Kier molecular flexibility index (Phi) is 2.49. The summed E-state index contributed by atoms with van der Waals surface area (Å²) in [4.78, 5) is 17.7. The van der Waals surface area contributed by atoms with Gasteiger partial charge in [0.2, 0.25) is 5.95 Å². The van der Waals surface area contributed by atoms with E-state index in [1.807, 2.05) is 0 Å². The van der Waals surface area contributed by atoms with E-state index in [1.54, 1.807) is 24.5 Å². The van der Waals surface area contributed by atoms with Gasteiger partial charge in [0.1, 0.15) is 5.69 Å². The molecule has 15 heavy (non-hydrogen) atoms. The molecule has 2 aromatic heterocycles. The molecule has 0 fully saturated rings. The highest BCUT2D eigenvalue weighted by Gasteiger charge is 2.06. The summed E-state index contributed by atoms with van der Waals surface area (Å²) in [5.74, 6) is -0.647. The lowest BCUT2D eigenvalue weighted by Crippen LogP contribution is -1.94. The maximum absolute atomic E-state index is 13.4. The Morgan fingerprint density at radius 2 is 1.87 bits per heavy atom. The lowest BCUT2D eigenvalue weighted by atomic mass is 10.1. The number of nitrogens with zero attached hydrogens (tertiary/aromatic N) is 2. The fraction of sp³-hybridized carbons (Fsp3) is 0. The second kappa shape index (κ2) is 3.96. The van der Waals surface area contributed by atoms with Crippen molar-refractivity contribution in [3.63, 3.8) is 0 Å². The lowest BCUT2D eigenvalue weighted by molar-refractivity contribution is 0.111. The number of aromatic nitrogens is 2. The average Bonchev–Trinajstić information content (AvgIpc) is 2.30. The van der Waals surface area contributed by atoms with Crippen molar-refractivity contribution in [3.05, 3.63) is 48.3 Å². The van der Waals surface area contributed by atoms with Crippen LogP contribution in [0.3, 0.4) is 0 Å². The van der Waals surface area contributed by atoms with E-state index in [-0.39, 0.29) is 5.69 Å². The molecule has 2 rings (SSSR count). The molecule has 0 atom stereocenters. The van der Waals surface area contributed by atoms with Crippen LogP contribution in [0.2, 0.25) is 0 Å². The Morgan fingerprint density at radius 3 is 2.47 bits per heavy atom. The zero-order chi connectivity index (χ0) is 10.7. The van der Waals surface area contributed by atoms with E-state index in [1.165, 1.54) is 12.1 Å². The van der Waals surface area contributed by atoms with Crippen molar-refractivity contribution in [1.29, 1.82) is 0 Å². The Balaban J connectivity index is 2.51. The largest absolute Gasteiger partial charge is 0.296 e. The van der Waals surface area contributed by atoms with E-state index in [0.29, 0.717) is 17.4 Å². The average molecular weight is 202 g/mol. The fourth-order valence-corrected chi connectivity index (χ4v) is 1.26. The number of rotatable bonds is 2. The van der Waals surface area contributed by atoms with Crippen LogP contribution in [-0.4, -0.2) is 16.3 Å². The zero-order valence-electron chi connectivity index (χ0n) is 7.72. The van der Waals surface area contributed by atoms with Crippen LogP contribution in [0.1, 0.15) is 10.5 Å². The number of hydrogen-bond acceptors (Lipinski definition) is 3. The van der Waals surface area contributed by atoms with Crippen LogP contribution < -0.4 is 0 Å². The summed E-state index contributed by atoms with van der Waals surface area (Å²) in [7, 11) is 0. The van der Waals surface area contributed by atoms with Crippen molar-refractivity contribution in [2.45, 2.75) is 0 Å². The third-order valence-electron chi connectivity index (χ3n) is 1.98. The summed E-state index contributed by atoms with van der Waals surface area (Å²) in [5, 5.41) is 0. The fourth-order valence-electron chi connectivity index (χ4n) is 1.26. The van der Waals surface area contributed by atoms with Crippen molar-refractivity contribution in [2.24, 2.45) is 0 Å². The molecule has 0 amide bonds. The molecule has 2 heterocycles. The van der Waals surface area contributed by atoms with Crippen molar-refractivity contribution in [1.82, 2.24) is 9.97 Å². The molecule has 0 aromatic carbocycles. The summed E-state index contributed by atoms with van der Waals surface area (Å²) >= 11 is 0. The number of halogens is 1. The highest BCUT2D eigenvalue weighted by Crippen LogP contribution is 2.20. The topological polar surface area (TPSA) is 42.9 Å². The van der Waals surface area contributed by atoms with Crippen molar-refractivity contribution < 1.29 is 9.18 Å². The number of carbonyl (C=O) groups is 1. The van der Waals surface area contributed by atoms with E-state index >= 15 is 0 Å². The SMILES string of the molecule is O=Cc1ccc(-c2ccncc2)c(F)n1. The van der Waals surface area contributed by atoms with E-state index in [9.17, 15) is 9.18 Å². The predicted molar refractivity (Wildman–Crippen MR) is 52.8 cm³/mol. The first-order valence-corrected chi connectivity index (χ1v) is 4.33. The van der Waals surface area contributed by atoms with Gasteiger partial charge in [-0.1, -0.05) is 0 Å². The van der Waals surface area contributed by atoms with Crippen LogP contribution in [0.4, 0.5) is 4.39 Å². The Labute approximate surface area is 85.6 Å². The van der Waals surface area contributed by atoms with Gasteiger partial charge >= 0.3 is 0 Å². The summed E-state index contributed by atoms with van der Waals surface area (Å²) in [6, 6.07) is 6.37. The normalized spacial score (nSPS) is 9.93. The maximum Gasteiger partial charge on any atom is 0.221 e. The third-order valence-corrected chi connectivity index (χ3v) is 1.98. The molecule has 0 radical (unpaired) electrons. The van der Waals surface area contributed by atoms with E-state index in [2.05, 4.69) is 9.97 Å². The van der Waals surface area contributed by atoms with Crippen molar-refractivity contribution >= 4 is 6.29 Å². The van der Waals surface area contributed by atoms with Gasteiger partial charge in [-0.25, -0.2) is 4.98 Å². The first kappa shape index (κ1) is 9.45. The van der Waals surface area contributed by atoms with Crippen LogP contribution in [0.25, 0.3) is 11.1 Å². The highest BCUT2D eigenvalue weighted by molar-refractivity contribution is 5.73. The molecule has 0 aliphatic heterocycles. The second-order valence-corrected chi connectivity index (χ2v) is 2.93. The van der Waals surface area contributed by atoms with E-state index < -0.39 is 5.95 Å². The zero-order valence-corrected chi connectivity index (χ0v) is 7.72. The number of carbonyl (C=O) groups excluding carboxylic acids is 1. The maximum atomic E-state index is 13.4. The smallest absolute Gasteiger partial charge is 0.221 e. The first-order valence-electron chi connectivity index (χ1n) is 4.33. The Morgan fingerprint density at radius 1 is 1.13 bits per heavy atom. The molecule has 0 unspecified atom stereocenters. The molecule has 4 heteroatoms. The minimum absolute atomic E-state index is 0.0882. The lowest BCUT2D eigenvalue weighted by Gasteiger charge is -2.01. The molecular formula is C11H7FN2O. The Bertz CT molecular complexity index is 485. The third kappa shape index (κ3) is 1.88. The van der Waals surface area contributed by atoms with Crippen molar-refractivity contribution in [3.8, 4) is 11.1 Å².